The van der Waals surface area contributed by atoms with Crippen molar-refractivity contribution in [2.75, 3.05) is 6.61 Å². The zero-order valence-corrected chi connectivity index (χ0v) is 11.4. The Kier molecular flexibility index (Phi) is 3.39. The minimum Gasteiger partial charge on any atom is -0.392 e. The molecule has 2 rings (SSSR count). The van der Waals surface area contributed by atoms with E-state index in [-0.39, 0.29) is 12.0 Å². The second-order valence-electron chi connectivity index (χ2n) is 6.52. The Balaban J connectivity index is 2.04. The van der Waals surface area contributed by atoms with Crippen LogP contribution in [0.2, 0.25) is 0 Å². The molecule has 0 aromatic heterocycles. The molecule has 2 aliphatic carbocycles. The van der Waals surface area contributed by atoms with Gasteiger partial charge in [-0.1, -0.05) is 18.6 Å². The Labute approximate surface area is 105 Å². The summed E-state index contributed by atoms with van der Waals surface area (Å²) in [5.74, 6) is 1.21. The molecule has 2 fully saturated rings. The first kappa shape index (κ1) is 13.1. The van der Waals surface area contributed by atoms with Crippen molar-refractivity contribution in [3.05, 3.63) is 11.6 Å². The summed E-state index contributed by atoms with van der Waals surface area (Å²) in [6, 6.07) is 0. The van der Waals surface area contributed by atoms with Gasteiger partial charge < -0.3 is 10.2 Å². The lowest BCUT2D eigenvalue weighted by Gasteiger charge is -2.46. The van der Waals surface area contributed by atoms with Gasteiger partial charge in [0.05, 0.1) is 12.2 Å². The molecule has 0 aromatic carbocycles. The van der Waals surface area contributed by atoms with Crippen LogP contribution < -0.4 is 0 Å². The molecular weight excluding hydrogens is 212 g/mol. The minimum absolute atomic E-state index is 0.0716. The molecule has 2 bridgehead atoms. The lowest BCUT2D eigenvalue weighted by Crippen LogP contribution is -2.48. The summed E-state index contributed by atoms with van der Waals surface area (Å²) < 4.78 is 0. The van der Waals surface area contributed by atoms with Crippen LogP contribution in [0.1, 0.15) is 52.9 Å². The molecule has 0 spiro atoms. The van der Waals surface area contributed by atoms with Crippen molar-refractivity contribution < 1.29 is 10.2 Å². The van der Waals surface area contributed by atoms with Gasteiger partial charge in [-0.3, -0.25) is 0 Å². The molecule has 17 heavy (non-hydrogen) atoms. The summed E-state index contributed by atoms with van der Waals surface area (Å²) in [5, 5.41) is 19.7. The lowest BCUT2D eigenvalue weighted by atomic mass is 9.63. The summed E-state index contributed by atoms with van der Waals surface area (Å²) in [6.45, 7) is 6.42. The predicted octanol–water partition coefficient (Wildman–Crippen LogP) is 2.89. The van der Waals surface area contributed by atoms with Crippen LogP contribution >= 0.6 is 0 Å². The SMILES string of the molecule is C/C(=C\CC[C@@]1(C)[C@@H]2CC[C@@H](C2)[C@@]1(C)O)CO. The zero-order chi connectivity index (χ0) is 12.7. The highest BCUT2D eigenvalue weighted by Gasteiger charge is 2.61. The molecule has 2 saturated carbocycles. The molecule has 2 heteroatoms. The van der Waals surface area contributed by atoms with Crippen LogP contribution in [0.15, 0.2) is 11.6 Å². The Bertz CT molecular complexity index is 319. The van der Waals surface area contributed by atoms with Crippen molar-refractivity contribution in [1.29, 1.82) is 0 Å². The van der Waals surface area contributed by atoms with Crippen LogP contribution in [0, 0.1) is 17.3 Å². The molecule has 0 aromatic rings. The number of hydrogen-bond acceptors (Lipinski definition) is 2. The second kappa shape index (κ2) is 4.40. The predicted molar refractivity (Wildman–Crippen MR) is 69.6 cm³/mol. The van der Waals surface area contributed by atoms with E-state index < -0.39 is 5.60 Å². The average molecular weight is 238 g/mol. The maximum atomic E-state index is 10.8. The monoisotopic (exact) mass is 238 g/mol. The van der Waals surface area contributed by atoms with Crippen LogP contribution in [0.5, 0.6) is 0 Å². The second-order valence-corrected chi connectivity index (χ2v) is 6.52. The largest absolute Gasteiger partial charge is 0.392 e. The van der Waals surface area contributed by atoms with Gasteiger partial charge >= 0.3 is 0 Å². The standard InChI is InChI=1S/C15H26O2/c1-11(10-16)5-4-8-14(2)12-6-7-13(9-12)15(14,3)17/h5,12-13,16-17H,4,6-10H2,1-3H3/b11-5+/t12-,13+,14+,15-/m1/s1. The van der Waals surface area contributed by atoms with Crippen molar-refractivity contribution in [3.8, 4) is 0 Å². The lowest BCUT2D eigenvalue weighted by molar-refractivity contribution is -0.104. The Morgan fingerprint density at radius 3 is 2.47 bits per heavy atom. The van der Waals surface area contributed by atoms with Crippen molar-refractivity contribution in [2.24, 2.45) is 17.3 Å². The van der Waals surface area contributed by atoms with E-state index in [2.05, 4.69) is 13.0 Å². The van der Waals surface area contributed by atoms with Crippen molar-refractivity contribution in [1.82, 2.24) is 0 Å². The van der Waals surface area contributed by atoms with Crippen LogP contribution in [-0.2, 0) is 0 Å². The van der Waals surface area contributed by atoms with Gasteiger partial charge in [0.2, 0.25) is 0 Å². The molecule has 0 amide bonds. The smallest absolute Gasteiger partial charge is 0.0703 e. The summed E-state index contributed by atoms with van der Waals surface area (Å²) in [7, 11) is 0. The van der Waals surface area contributed by atoms with Crippen LogP contribution in [0.3, 0.4) is 0 Å². The molecule has 2 aliphatic rings. The third kappa shape index (κ3) is 1.96. The quantitative estimate of drug-likeness (QED) is 0.739. The van der Waals surface area contributed by atoms with E-state index in [1.165, 1.54) is 19.3 Å². The maximum Gasteiger partial charge on any atom is 0.0703 e. The van der Waals surface area contributed by atoms with Gasteiger partial charge in [0.25, 0.3) is 0 Å². The fraction of sp³-hybridized carbons (Fsp3) is 0.867. The number of allylic oxidation sites excluding steroid dienone is 1. The summed E-state index contributed by atoms with van der Waals surface area (Å²) in [4.78, 5) is 0. The van der Waals surface area contributed by atoms with Crippen molar-refractivity contribution in [3.63, 3.8) is 0 Å². The average Bonchev–Trinajstić information content (AvgIpc) is 2.82. The molecule has 2 N–H and O–H groups in total. The van der Waals surface area contributed by atoms with Gasteiger partial charge in [0.15, 0.2) is 0 Å². The van der Waals surface area contributed by atoms with E-state index in [4.69, 9.17) is 5.11 Å². The molecule has 0 aliphatic heterocycles. The van der Waals surface area contributed by atoms with Gasteiger partial charge in [-0.2, -0.15) is 0 Å². The Morgan fingerprint density at radius 1 is 1.29 bits per heavy atom. The molecular formula is C15H26O2. The molecule has 0 heterocycles. The van der Waals surface area contributed by atoms with Crippen molar-refractivity contribution in [2.45, 2.75) is 58.5 Å². The van der Waals surface area contributed by atoms with Crippen LogP contribution in [-0.4, -0.2) is 22.4 Å². The van der Waals surface area contributed by atoms with E-state index in [1.54, 1.807) is 0 Å². The summed E-state index contributed by atoms with van der Waals surface area (Å²) in [6.07, 6.45) is 7.85. The molecule has 4 atom stereocenters. The first-order valence-electron chi connectivity index (χ1n) is 6.90. The fourth-order valence-corrected chi connectivity index (χ4v) is 4.09. The minimum atomic E-state index is -0.489. The van der Waals surface area contributed by atoms with Gasteiger partial charge in [-0.15, -0.1) is 0 Å². The zero-order valence-electron chi connectivity index (χ0n) is 11.4. The number of aliphatic hydroxyl groups excluding tert-OH is 1. The highest BCUT2D eigenvalue weighted by molar-refractivity contribution is 5.12. The van der Waals surface area contributed by atoms with Gasteiger partial charge in [-0.05, 0) is 63.2 Å². The number of fused-ring (bicyclic) bond motifs is 2. The van der Waals surface area contributed by atoms with E-state index in [0.29, 0.717) is 11.8 Å². The highest BCUT2D eigenvalue weighted by atomic mass is 16.3. The normalized spacial score (nSPS) is 45.6. The van der Waals surface area contributed by atoms with Gasteiger partial charge in [0.1, 0.15) is 0 Å². The Morgan fingerprint density at radius 2 is 1.94 bits per heavy atom. The van der Waals surface area contributed by atoms with Crippen LogP contribution in [0.4, 0.5) is 0 Å². The summed E-state index contributed by atoms with van der Waals surface area (Å²) >= 11 is 0. The van der Waals surface area contributed by atoms with E-state index in [1.807, 2.05) is 13.8 Å². The number of aliphatic hydroxyl groups is 2. The Hall–Kier alpha value is -0.340. The number of rotatable bonds is 4. The van der Waals surface area contributed by atoms with Gasteiger partial charge in [-0.25, -0.2) is 0 Å². The van der Waals surface area contributed by atoms with Crippen LogP contribution in [0.25, 0.3) is 0 Å². The maximum absolute atomic E-state index is 10.8. The van der Waals surface area contributed by atoms with Gasteiger partial charge in [0, 0.05) is 0 Å². The number of hydrogen-bond donors (Lipinski definition) is 2. The fourth-order valence-electron chi connectivity index (χ4n) is 4.09. The summed E-state index contributed by atoms with van der Waals surface area (Å²) in [5.41, 5.74) is 0.621. The first-order valence-corrected chi connectivity index (χ1v) is 6.90. The molecule has 2 nitrogen and oxygen atoms in total. The van der Waals surface area contributed by atoms with E-state index >= 15 is 0 Å². The molecule has 98 valence electrons. The third-order valence-electron chi connectivity index (χ3n) is 5.69. The van der Waals surface area contributed by atoms with E-state index in [9.17, 15) is 5.11 Å². The molecule has 0 unspecified atom stereocenters. The highest BCUT2D eigenvalue weighted by Crippen LogP contribution is 2.63. The van der Waals surface area contributed by atoms with E-state index in [0.717, 1.165) is 18.4 Å². The first-order chi connectivity index (χ1) is 7.91. The molecule has 0 saturated heterocycles. The van der Waals surface area contributed by atoms with Crippen molar-refractivity contribution >= 4 is 0 Å². The topological polar surface area (TPSA) is 40.5 Å². The molecule has 0 radical (unpaired) electrons. The third-order valence-corrected chi connectivity index (χ3v) is 5.69.